The van der Waals surface area contributed by atoms with Gasteiger partial charge in [-0.1, -0.05) is 18.2 Å². The van der Waals surface area contributed by atoms with Gasteiger partial charge in [0.25, 0.3) is 5.91 Å². The molecule has 0 heterocycles. The molecular formula is C17H16FNO3S. The van der Waals surface area contributed by atoms with E-state index in [9.17, 15) is 14.0 Å². The standard InChI is InChI=1S/C17H16FNO3S/c1-23-15-7-5-12(6-8-15)11-22-16(20)10-19-17(21)13-3-2-4-14(18)9-13/h2-9H,10-11H2,1H3,(H,19,21). The second-order valence-corrected chi connectivity index (χ2v) is 5.58. The maximum atomic E-state index is 13.0. The first-order valence-electron chi connectivity index (χ1n) is 6.91. The average molecular weight is 333 g/mol. The predicted molar refractivity (Wildman–Crippen MR) is 86.8 cm³/mol. The highest BCUT2D eigenvalue weighted by Gasteiger charge is 2.09. The van der Waals surface area contributed by atoms with Crippen LogP contribution in [-0.4, -0.2) is 24.7 Å². The summed E-state index contributed by atoms with van der Waals surface area (Å²) in [6.07, 6.45) is 1.98. The number of hydrogen-bond acceptors (Lipinski definition) is 4. The first-order chi connectivity index (χ1) is 11.1. The summed E-state index contributed by atoms with van der Waals surface area (Å²) in [6.45, 7) is -0.123. The van der Waals surface area contributed by atoms with Crippen LogP contribution in [0.3, 0.4) is 0 Å². The van der Waals surface area contributed by atoms with Gasteiger partial charge in [-0.3, -0.25) is 9.59 Å². The lowest BCUT2D eigenvalue weighted by Gasteiger charge is -2.07. The lowest BCUT2D eigenvalue weighted by atomic mass is 10.2. The summed E-state index contributed by atoms with van der Waals surface area (Å²) in [4.78, 5) is 24.5. The van der Waals surface area contributed by atoms with Crippen LogP contribution in [0.1, 0.15) is 15.9 Å². The van der Waals surface area contributed by atoms with Crippen molar-refractivity contribution in [3.8, 4) is 0 Å². The van der Waals surface area contributed by atoms with Gasteiger partial charge >= 0.3 is 5.97 Å². The number of thioether (sulfide) groups is 1. The maximum Gasteiger partial charge on any atom is 0.325 e. The minimum Gasteiger partial charge on any atom is -0.460 e. The number of carbonyl (C=O) groups is 2. The van der Waals surface area contributed by atoms with Crippen LogP contribution in [0.4, 0.5) is 4.39 Å². The number of ether oxygens (including phenoxy) is 1. The minimum atomic E-state index is -0.552. The number of esters is 1. The van der Waals surface area contributed by atoms with E-state index >= 15 is 0 Å². The van der Waals surface area contributed by atoms with Gasteiger partial charge in [-0.05, 0) is 42.2 Å². The van der Waals surface area contributed by atoms with E-state index in [4.69, 9.17) is 4.74 Å². The molecule has 0 aliphatic carbocycles. The lowest BCUT2D eigenvalue weighted by Crippen LogP contribution is -2.30. The van der Waals surface area contributed by atoms with Crippen LogP contribution in [0.5, 0.6) is 0 Å². The molecule has 1 amide bonds. The number of rotatable bonds is 6. The van der Waals surface area contributed by atoms with Crippen molar-refractivity contribution >= 4 is 23.6 Å². The Kier molecular flexibility index (Phi) is 6.17. The third-order valence-electron chi connectivity index (χ3n) is 3.04. The summed E-state index contributed by atoms with van der Waals surface area (Å²) < 4.78 is 18.1. The van der Waals surface area contributed by atoms with Crippen LogP contribution < -0.4 is 5.32 Å². The minimum absolute atomic E-state index is 0.142. The molecule has 0 aliphatic rings. The van der Waals surface area contributed by atoms with Gasteiger partial charge in [0.1, 0.15) is 19.0 Å². The Balaban J connectivity index is 1.77. The topological polar surface area (TPSA) is 55.4 Å². The van der Waals surface area contributed by atoms with Gasteiger partial charge in [0.2, 0.25) is 0 Å². The van der Waals surface area contributed by atoms with Crippen molar-refractivity contribution in [3.05, 3.63) is 65.5 Å². The number of benzene rings is 2. The molecule has 0 atom stereocenters. The maximum absolute atomic E-state index is 13.0. The van der Waals surface area contributed by atoms with Crippen LogP contribution >= 0.6 is 11.8 Å². The first-order valence-corrected chi connectivity index (χ1v) is 8.13. The molecule has 0 aliphatic heterocycles. The molecule has 0 unspecified atom stereocenters. The van der Waals surface area contributed by atoms with E-state index in [0.29, 0.717) is 0 Å². The summed E-state index contributed by atoms with van der Waals surface area (Å²) in [6, 6.07) is 12.9. The van der Waals surface area contributed by atoms with Crippen molar-refractivity contribution in [1.82, 2.24) is 5.32 Å². The van der Waals surface area contributed by atoms with E-state index in [1.807, 2.05) is 30.5 Å². The highest BCUT2D eigenvalue weighted by Crippen LogP contribution is 2.15. The molecule has 6 heteroatoms. The highest BCUT2D eigenvalue weighted by atomic mass is 32.2. The number of nitrogens with one attached hydrogen (secondary N) is 1. The second-order valence-electron chi connectivity index (χ2n) is 4.70. The molecule has 0 bridgehead atoms. The fraction of sp³-hybridized carbons (Fsp3) is 0.176. The molecule has 0 radical (unpaired) electrons. The van der Waals surface area contributed by atoms with E-state index in [2.05, 4.69) is 5.32 Å². The van der Waals surface area contributed by atoms with Crippen LogP contribution in [0.25, 0.3) is 0 Å². The molecule has 2 rings (SSSR count). The highest BCUT2D eigenvalue weighted by molar-refractivity contribution is 7.98. The molecule has 1 N–H and O–H groups in total. The van der Waals surface area contributed by atoms with E-state index in [1.54, 1.807) is 11.8 Å². The van der Waals surface area contributed by atoms with Gasteiger partial charge in [-0.15, -0.1) is 11.8 Å². The number of hydrogen-bond donors (Lipinski definition) is 1. The molecule has 0 aromatic heterocycles. The van der Waals surface area contributed by atoms with Crippen molar-refractivity contribution in [2.24, 2.45) is 0 Å². The normalized spacial score (nSPS) is 10.2. The van der Waals surface area contributed by atoms with Crippen molar-refractivity contribution in [2.75, 3.05) is 12.8 Å². The zero-order valence-electron chi connectivity index (χ0n) is 12.5. The van der Waals surface area contributed by atoms with Crippen molar-refractivity contribution < 1.29 is 18.7 Å². The van der Waals surface area contributed by atoms with Gasteiger partial charge < -0.3 is 10.1 Å². The van der Waals surface area contributed by atoms with E-state index in [-0.39, 0.29) is 18.7 Å². The number of carbonyl (C=O) groups excluding carboxylic acids is 2. The quantitative estimate of drug-likeness (QED) is 0.652. The molecule has 2 aromatic carbocycles. The molecular weight excluding hydrogens is 317 g/mol. The van der Waals surface area contributed by atoms with Gasteiger partial charge in [0.15, 0.2) is 0 Å². The molecule has 0 spiro atoms. The molecule has 120 valence electrons. The summed E-state index contributed by atoms with van der Waals surface area (Å²) in [5.74, 6) is -1.58. The fourth-order valence-corrected chi connectivity index (χ4v) is 2.23. The fourth-order valence-electron chi connectivity index (χ4n) is 1.82. The zero-order chi connectivity index (χ0) is 16.7. The molecule has 0 saturated heterocycles. The van der Waals surface area contributed by atoms with Crippen LogP contribution in [0.15, 0.2) is 53.4 Å². The SMILES string of the molecule is CSc1ccc(COC(=O)CNC(=O)c2cccc(F)c2)cc1. The average Bonchev–Trinajstić information content (AvgIpc) is 2.58. The summed E-state index contributed by atoms with van der Waals surface area (Å²) in [5, 5.41) is 2.40. The van der Waals surface area contributed by atoms with E-state index < -0.39 is 17.7 Å². The lowest BCUT2D eigenvalue weighted by molar-refractivity contribution is -0.143. The molecule has 4 nitrogen and oxygen atoms in total. The second kappa shape index (κ2) is 8.33. The monoisotopic (exact) mass is 333 g/mol. The molecule has 0 saturated carbocycles. The largest absolute Gasteiger partial charge is 0.460 e. The third-order valence-corrected chi connectivity index (χ3v) is 3.78. The Labute approximate surface area is 138 Å². The molecule has 0 fully saturated rings. The number of halogens is 1. The molecule has 23 heavy (non-hydrogen) atoms. The third kappa shape index (κ3) is 5.41. The van der Waals surface area contributed by atoms with Crippen LogP contribution in [-0.2, 0) is 16.1 Å². The zero-order valence-corrected chi connectivity index (χ0v) is 13.4. The van der Waals surface area contributed by atoms with Crippen LogP contribution in [0.2, 0.25) is 0 Å². The van der Waals surface area contributed by atoms with E-state index in [0.717, 1.165) is 16.5 Å². The van der Waals surface area contributed by atoms with Gasteiger partial charge in [-0.2, -0.15) is 0 Å². The summed E-state index contributed by atoms with van der Waals surface area (Å²) >= 11 is 1.63. The molecule has 2 aromatic rings. The van der Waals surface area contributed by atoms with Crippen molar-refractivity contribution in [1.29, 1.82) is 0 Å². The Hall–Kier alpha value is -2.34. The van der Waals surface area contributed by atoms with Gasteiger partial charge in [-0.25, -0.2) is 4.39 Å². The summed E-state index contributed by atoms with van der Waals surface area (Å²) in [7, 11) is 0. The predicted octanol–water partition coefficient (Wildman–Crippen LogP) is 3.02. The summed E-state index contributed by atoms with van der Waals surface area (Å²) in [5.41, 5.74) is 1.03. The Morgan fingerprint density at radius 2 is 1.91 bits per heavy atom. The van der Waals surface area contributed by atoms with E-state index in [1.165, 1.54) is 18.2 Å². The van der Waals surface area contributed by atoms with Gasteiger partial charge in [0, 0.05) is 10.5 Å². The van der Waals surface area contributed by atoms with Crippen LogP contribution in [0, 0.1) is 5.82 Å². The first kappa shape index (κ1) is 17.0. The Bertz CT molecular complexity index is 688. The smallest absolute Gasteiger partial charge is 0.325 e. The number of amides is 1. The van der Waals surface area contributed by atoms with Crippen molar-refractivity contribution in [2.45, 2.75) is 11.5 Å². The van der Waals surface area contributed by atoms with Gasteiger partial charge in [0.05, 0.1) is 0 Å². The Morgan fingerprint density at radius 3 is 2.57 bits per heavy atom. The van der Waals surface area contributed by atoms with Crippen molar-refractivity contribution in [3.63, 3.8) is 0 Å². The Morgan fingerprint density at radius 1 is 1.17 bits per heavy atom.